The Morgan fingerprint density at radius 3 is 2.86 bits per heavy atom. The first kappa shape index (κ1) is 25.8. The summed E-state index contributed by atoms with van der Waals surface area (Å²) in [4.78, 5) is 16.7. The van der Waals surface area contributed by atoms with Gasteiger partial charge in [-0.25, -0.2) is 9.37 Å². The Labute approximate surface area is 222 Å². The molecule has 0 unspecified atom stereocenters. The predicted molar refractivity (Wildman–Crippen MR) is 144 cm³/mol. The first-order valence-corrected chi connectivity index (χ1v) is 13.4. The van der Waals surface area contributed by atoms with Gasteiger partial charge in [-0.3, -0.25) is 9.56 Å². The van der Waals surface area contributed by atoms with Gasteiger partial charge in [-0.05, 0) is 38.0 Å². The van der Waals surface area contributed by atoms with Crippen molar-refractivity contribution >= 4 is 45.4 Å². The number of benzene rings is 1. The monoisotopic (exact) mass is 545 g/mol. The zero-order valence-corrected chi connectivity index (χ0v) is 22.2. The Morgan fingerprint density at radius 1 is 1.38 bits per heavy atom. The highest BCUT2D eigenvalue weighted by Gasteiger charge is 2.31. The van der Waals surface area contributed by atoms with Crippen molar-refractivity contribution in [3.63, 3.8) is 0 Å². The molecule has 0 spiro atoms. The number of aromatic nitrogens is 3. The second-order valence-electron chi connectivity index (χ2n) is 9.20. The van der Waals surface area contributed by atoms with Gasteiger partial charge < -0.3 is 25.5 Å². The molecule has 2 fully saturated rings. The van der Waals surface area contributed by atoms with Crippen LogP contribution < -0.4 is 15.0 Å². The topological polar surface area (TPSA) is 112 Å². The number of ether oxygens (including phenoxy) is 1. The van der Waals surface area contributed by atoms with Crippen LogP contribution in [0, 0.1) is 11.2 Å². The number of nitrogens with zero attached hydrogens (tertiary/aromatic N) is 5. The van der Waals surface area contributed by atoms with Crippen LogP contribution in [0.1, 0.15) is 19.8 Å². The molecule has 2 aliphatic rings. The average Bonchev–Trinajstić information content (AvgIpc) is 3.64. The number of aliphatic hydroxyl groups is 1. The quantitative estimate of drug-likeness (QED) is 0.374. The fourth-order valence-electron chi connectivity index (χ4n) is 4.40. The standard InChI is InChI=1S/C25H29ClFN7O2S/c1-14-12-33(13-20(36-14)15(10-28)11-30-17-4-5-17)24-31-21(18-6-3-16(26)9-19(18)27)22-23(32-24)34(7-8-35)25(29-2)37-22/h3,6,9-11,14,17,20,28,30,35H,4-5,7-8,12-13H2,1-2H3/b15-11+,28-10?,29-25-/t14-,20+/m0/s1. The minimum Gasteiger partial charge on any atom is -0.395 e. The van der Waals surface area contributed by atoms with Crippen molar-refractivity contribution in [2.45, 2.75) is 44.6 Å². The van der Waals surface area contributed by atoms with Crippen LogP contribution in [-0.2, 0) is 11.3 Å². The molecule has 37 heavy (non-hydrogen) atoms. The number of aliphatic hydroxyl groups excluding tert-OH is 1. The zero-order chi connectivity index (χ0) is 26.1. The number of hydrogen-bond acceptors (Lipinski definition) is 9. The number of nitrogens with one attached hydrogen (secondary N) is 2. The van der Waals surface area contributed by atoms with Gasteiger partial charge in [-0.15, -0.1) is 0 Å². The van der Waals surface area contributed by atoms with E-state index in [1.165, 1.54) is 23.6 Å². The third-order valence-electron chi connectivity index (χ3n) is 6.36. The molecule has 2 atom stereocenters. The molecule has 1 saturated heterocycles. The molecular weight excluding hydrogens is 517 g/mol. The Hall–Kier alpha value is -2.86. The number of anilines is 1. The van der Waals surface area contributed by atoms with Crippen molar-refractivity contribution in [1.29, 1.82) is 5.41 Å². The van der Waals surface area contributed by atoms with Gasteiger partial charge in [-0.1, -0.05) is 22.9 Å². The molecule has 196 valence electrons. The summed E-state index contributed by atoms with van der Waals surface area (Å²) in [5.41, 5.74) is 2.06. The van der Waals surface area contributed by atoms with Crippen LogP contribution in [-0.4, -0.2) is 70.9 Å². The molecule has 1 aliphatic heterocycles. The molecule has 1 aliphatic carbocycles. The first-order chi connectivity index (χ1) is 17.9. The number of fused-ring (bicyclic) bond motifs is 1. The summed E-state index contributed by atoms with van der Waals surface area (Å²) in [6, 6.07) is 4.99. The molecule has 3 heterocycles. The van der Waals surface area contributed by atoms with Crippen molar-refractivity contribution in [3.8, 4) is 11.3 Å². The van der Waals surface area contributed by atoms with E-state index in [4.69, 9.17) is 31.7 Å². The van der Waals surface area contributed by atoms with Crippen molar-refractivity contribution in [2.75, 3.05) is 31.6 Å². The molecule has 1 saturated carbocycles. The molecule has 12 heteroatoms. The fraction of sp³-hybridized carbons (Fsp3) is 0.440. The van der Waals surface area contributed by atoms with Crippen LogP contribution >= 0.6 is 22.9 Å². The summed E-state index contributed by atoms with van der Waals surface area (Å²) in [6.45, 7) is 3.13. The van der Waals surface area contributed by atoms with Crippen molar-refractivity contribution in [3.05, 3.63) is 45.6 Å². The van der Waals surface area contributed by atoms with Gasteiger partial charge in [0.05, 0.1) is 31.5 Å². The Bertz CT molecular complexity index is 1420. The lowest BCUT2D eigenvalue weighted by atomic mass is 10.1. The van der Waals surface area contributed by atoms with Crippen LogP contribution in [0.25, 0.3) is 21.6 Å². The molecule has 2 aromatic heterocycles. The molecule has 0 bridgehead atoms. The van der Waals surface area contributed by atoms with E-state index in [2.05, 4.69) is 10.3 Å². The van der Waals surface area contributed by atoms with Gasteiger partial charge in [0.25, 0.3) is 0 Å². The van der Waals surface area contributed by atoms with Crippen LogP contribution in [0.2, 0.25) is 5.02 Å². The number of morpholine rings is 1. The van der Waals surface area contributed by atoms with Crippen molar-refractivity contribution < 1.29 is 14.2 Å². The Kier molecular flexibility index (Phi) is 7.57. The van der Waals surface area contributed by atoms with E-state index in [0.717, 1.165) is 18.4 Å². The van der Waals surface area contributed by atoms with E-state index >= 15 is 4.39 Å². The molecule has 3 aromatic rings. The highest BCUT2D eigenvalue weighted by atomic mass is 35.5. The lowest BCUT2D eigenvalue weighted by Crippen LogP contribution is -2.48. The lowest BCUT2D eigenvalue weighted by molar-refractivity contribution is 0.00652. The summed E-state index contributed by atoms with van der Waals surface area (Å²) in [7, 11) is 1.67. The second-order valence-corrected chi connectivity index (χ2v) is 10.6. The zero-order valence-electron chi connectivity index (χ0n) is 20.6. The molecule has 3 N–H and O–H groups in total. The van der Waals surface area contributed by atoms with Crippen LogP contribution in [0.4, 0.5) is 10.3 Å². The number of halogens is 2. The third kappa shape index (κ3) is 5.40. The minimum absolute atomic E-state index is 0.0961. The summed E-state index contributed by atoms with van der Waals surface area (Å²) in [5, 5.41) is 21.3. The highest BCUT2D eigenvalue weighted by Crippen LogP contribution is 2.34. The van der Waals surface area contributed by atoms with E-state index in [1.54, 1.807) is 19.2 Å². The van der Waals surface area contributed by atoms with Gasteiger partial charge in [0, 0.05) is 48.2 Å². The van der Waals surface area contributed by atoms with E-state index in [-0.39, 0.29) is 18.8 Å². The third-order valence-corrected chi connectivity index (χ3v) is 7.76. The van der Waals surface area contributed by atoms with Gasteiger partial charge in [0.15, 0.2) is 10.4 Å². The molecule has 0 amide bonds. The molecule has 5 rings (SSSR count). The number of hydrogen-bond donors (Lipinski definition) is 3. The highest BCUT2D eigenvalue weighted by molar-refractivity contribution is 7.16. The molecular formula is C25H29ClFN7O2S. The summed E-state index contributed by atoms with van der Waals surface area (Å²) >= 11 is 7.37. The maximum absolute atomic E-state index is 15.1. The maximum atomic E-state index is 15.1. The first-order valence-electron chi connectivity index (χ1n) is 12.2. The van der Waals surface area contributed by atoms with Gasteiger partial charge in [0.1, 0.15) is 16.6 Å². The summed E-state index contributed by atoms with van der Waals surface area (Å²) in [6.07, 6.45) is 4.95. The summed E-state index contributed by atoms with van der Waals surface area (Å²) in [5.74, 6) is -0.0624. The Balaban J connectivity index is 1.62. The number of thiazole rings is 1. The molecule has 9 nitrogen and oxygen atoms in total. The van der Waals surface area contributed by atoms with Gasteiger partial charge in [0.2, 0.25) is 5.95 Å². The maximum Gasteiger partial charge on any atom is 0.228 e. The lowest BCUT2D eigenvalue weighted by Gasteiger charge is -2.37. The average molecular weight is 546 g/mol. The summed E-state index contributed by atoms with van der Waals surface area (Å²) < 4.78 is 23.8. The Morgan fingerprint density at radius 2 is 2.19 bits per heavy atom. The van der Waals surface area contributed by atoms with E-state index < -0.39 is 5.82 Å². The van der Waals surface area contributed by atoms with E-state index in [9.17, 15) is 5.11 Å². The minimum atomic E-state index is -0.482. The van der Waals surface area contributed by atoms with E-state index in [1.807, 2.05) is 22.6 Å². The fourth-order valence-corrected chi connectivity index (χ4v) is 5.62. The normalized spacial score (nSPS) is 21.1. The van der Waals surface area contributed by atoms with Crippen LogP contribution in [0.3, 0.4) is 0 Å². The largest absolute Gasteiger partial charge is 0.395 e. The second kappa shape index (κ2) is 10.9. The van der Waals surface area contributed by atoms with Crippen LogP contribution in [0.5, 0.6) is 0 Å². The van der Waals surface area contributed by atoms with Gasteiger partial charge in [-0.2, -0.15) is 4.98 Å². The predicted octanol–water partition coefficient (Wildman–Crippen LogP) is 3.35. The SMILES string of the molecule is C/N=c1\sc2c(-c3ccc(Cl)cc3F)nc(N3C[C@H](C)O[C@@H](/C(C=N)=C/NC4CC4)C3)nc2n1CCO. The van der Waals surface area contributed by atoms with Crippen molar-refractivity contribution in [2.24, 2.45) is 4.99 Å². The number of rotatable bonds is 8. The van der Waals surface area contributed by atoms with Gasteiger partial charge >= 0.3 is 0 Å². The molecule has 1 aromatic carbocycles. The molecule has 0 radical (unpaired) electrons. The van der Waals surface area contributed by atoms with E-state index in [0.29, 0.717) is 63.1 Å². The van der Waals surface area contributed by atoms with Crippen molar-refractivity contribution in [1.82, 2.24) is 19.9 Å². The van der Waals surface area contributed by atoms with Crippen LogP contribution in [0.15, 0.2) is 35.0 Å². The smallest absolute Gasteiger partial charge is 0.228 e.